The molecule has 2 aliphatic carbocycles. The van der Waals surface area contributed by atoms with Gasteiger partial charge in [0.05, 0.1) is 0 Å². The number of hydrogen-bond acceptors (Lipinski definition) is 2. The first-order valence-corrected chi connectivity index (χ1v) is 8.22. The van der Waals surface area contributed by atoms with Crippen LogP contribution in [0, 0.1) is 11.8 Å². The zero-order valence-electron chi connectivity index (χ0n) is 10.8. The molecule has 2 nitrogen and oxygen atoms in total. The molecule has 0 aromatic rings. The van der Waals surface area contributed by atoms with E-state index in [1.165, 1.54) is 0 Å². The highest BCUT2D eigenvalue weighted by atomic mass is 32.2. The molecule has 0 spiro atoms. The molecule has 0 radical (unpaired) electrons. The molecular weight excluding hydrogens is 232 g/mol. The molecule has 2 atom stereocenters. The standard InChI is InChI=1S/C14H22O2S/c1-3-11-5-7-13(9-11)17(15,16)14-8-6-12(4-2)10-14/h9-12H,3-8H2,1-2H3. The Morgan fingerprint density at radius 2 is 1.41 bits per heavy atom. The third kappa shape index (κ3) is 2.49. The first-order chi connectivity index (χ1) is 8.07. The smallest absolute Gasteiger partial charge is 0.198 e. The molecule has 0 saturated carbocycles. The molecule has 2 aliphatic rings. The van der Waals surface area contributed by atoms with Crippen molar-refractivity contribution in [2.24, 2.45) is 11.8 Å². The highest BCUT2D eigenvalue weighted by Crippen LogP contribution is 2.38. The quantitative estimate of drug-likeness (QED) is 0.764. The number of sulfone groups is 1. The molecule has 3 heteroatoms. The predicted octanol–water partition coefficient (Wildman–Crippen LogP) is 3.81. The molecule has 0 saturated heterocycles. The Morgan fingerprint density at radius 3 is 1.71 bits per heavy atom. The molecule has 0 heterocycles. The van der Waals surface area contributed by atoms with Crippen LogP contribution in [0.15, 0.2) is 22.0 Å². The average Bonchev–Trinajstić information content (AvgIpc) is 2.98. The van der Waals surface area contributed by atoms with Gasteiger partial charge >= 0.3 is 0 Å². The third-order valence-electron chi connectivity index (χ3n) is 4.11. The van der Waals surface area contributed by atoms with Gasteiger partial charge in [-0.3, -0.25) is 0 Å². The maximum atomic E-state index is 12.4. The van der Waals surface area contributed by atoms with Crippen molar-refractivity contribution in [1.82, 2.24) is 0 Å². The summed E-state index contributed by atoms with van der Waals surface area (Å²) in [4.78, 5) is 1.37. The number of rotatable bonds is 4. The van der Waals surface area contributed by atoms with Crippen molar-refractivity contribution in [3.63, 3.8) is 0 Å². The van der Waals surface area contributed by atoms with Gasteiger partial charge in [-0.2, -0.15) is 0 Å². The van der Waals surface area contributed by atoms with Crippen LogP contribution in [-0.2, 0) is 9.84 Å². The largest absolute Gasteiger partial charge is 0.219 e. The Balaban J connectivity index is 2.21. The molecule has 96 valence electrons. The van der Waals surface area contributed by atoms with Crippen LogP contribution in [0.4, 0.5) is 0 Å². The summed E-state index contributed by atoms with van der Waals surface area (Å²) in [6, 6.07) is 0. The SMILES string of the molecule is CCC1C=C(S(=O)(=O)C2=CC(CC)CC2)CC1. The van der Waals surface area contributed by atoms with Gasteiger partial charge in [0.25, 0.3) is 0 Å². The fraction of sp³-hybridized carbons (Fsp3) is 0.714. The van der Waals surface area contributed by atoms with Gasteiger partial charge in [0.1, 0.15) is 0 Å². The first kappa shape index (κ1) is 12.9. The molecule has 0 amide bonds. The maximum Gasteiger partial charge on any atom is 0.198 e. The van der Waals surface area contributed by atoms with E-state index in [9.17, 15) is 8.42 Å². The Hall–Kier alpha value is -0.570. The molecule has 0 N–H and O–H groups in total. The molecule has 0 bridgehead atoms. The van der Waals surface area contributed by atoms with E-state index in [2.05, 4.69) is 13.8 Å². The summed E-state index contributed by atoms with van der Waals surface area (Å²) in [5, 5.41) is 0. The Labute approximate surface area is 105 Å². The molecular formula is C14H22O2S. The van der Waals surface area contributed by atoms with E-state index in [1.807, 2.05) is 12.2 Å². The van der Waals surface area contributed by atoms with Gasteiger partial charge in [-0.1, -0.05) is 26.0 Å². The van der Waals surface area contributed by atoms with E-state index in [0.717, 1.165) is 38.5 Å². The summed E-state index contributed by atoms with van der Waals surface area (Å²) in [6.07, 6.45) is 9.60. The Bertz CT molecular complexity index is 407. The lowest BCUT2D eigenvalue weighted by Crippen LogP contribution is -2.04. The normalized spacial score (nSPS) is 29.3. The minimum absolute atomic E-state index is 0.476. The molecule has 0 aromatic carbocycles. The minimum Gasteiger partial charge on any atom is -0.219 e. The highest BCUT2D eigenvalue weighted by molar-refractivity contribution is 7.99. The van der Waals surface area contributed by atoms with Gasteiger partial charge in [-0.15, -0.1) is 0 Å². The van der Waals surface area contributed by atoms with E-state index in [4.69, 9.17) is 0 Å². The summed E-state index contributed by atoms with van der Waals surface area (Å²) < 4.78 is 24.8. The van der Waals surface area contributed by atoms with Gasteiger partial charge in [-0.25, -0.2) is 8.42 Å². The van der Waals surface area contributed by atoms with E-state index in [-0.39, 0.29) is 0 Å². The van der Waals surface area contributed by atoms with Gasteiger partial charge in [0.15, 0.2) is 9.84 Å². The minimum atomic E-state index is -3.10. The third-order valence-corrected chi connectivity index (χ3v) is 6.17. The van der Waals surface area contributed by atoms with Crippen molar-refractivity contribution >= 4 is 9.84 Å². The van der Waals surface area contributed by atoms with Crippen molar-refractivity contribution in [3.05, 3.63) is 22.0 Å². The summed E-state index contributed by atoms with van der Waals surface area (Å²) in [7, 11) is -3.10. The fourth-order valence-corrected chi connectivity index (χ4v) is 4.63. The Kier molecular flexibility index (Phi) is 3.76. The predicted molar refractivity (Wildman–Crippen MR) is 71.1 cm³/mol. The lowest BCUT2D eigenvalue weighted by atomic mass is 10.1. The first-order valence-electron chi connectivity index (χ1n) is 6.74. The molecule has 17 heavy (non-hydrogen) atoms. The second-order valence-corrected chi connectivity index (χ2v) is 7.24. The van der Waals surface area contributed by atoms with Crippen LogP contribution in [0.1, 0.15) is 52.4 Å². The topological polar surface area (TPSA) is 34.1 Å². The zero-order chi connectivity index (χ0) is 12.5. The van der Waals surface area contributed by atoms with Gasteiger partial charge in [-0.05, 0) is 50.4 Å². The second-order valence-electron chi connectivity index (χ2n) is 5.18. The van der Waals surface area contributed by atoms with Crippen LogP contribution in [-0.4, -0.2) is 8.42 Å². The van der Waals surface area contributed by atoms with E-state index >= 15 is 0 Å². The summed E-state index contributed by atoms with van der Waals surface area (Å²) in [6.45, 7) is 4.25. The van der Waals surface area contributed by atoms with Crippen LogP contribution in [0.2, 0.25) is 0 Å². The van der Waals surface area contributed by atoms with Crippen LogP contribution in [0.3, 0.4) is 0 Å². The van der Waals surface area contributed by atoms with Crippen molar-refractivity contribution in [1.29, 1.82) is 0 Å². The highest BCUT2D eigenvalue weighted by Gasteiger charge is 2.30. The average molecular weight is 254 g/mol. The fourth-order valence-electron chi connectivity index (χ4n) is 2.77. The molecule has 0 aliphatic heterocycles. The van der Waals surface area contributed by atoms with E-state index in [1.54, 1.807) is 0 Å². The van der Waals surface area contributed by atoms with Gasteiger partial charge < -0.3 is 0 Å². The Morgan fingerprint density at radius 1 is 1.00 bits per heavy atom. The van der Waals surface area contributed by atoms with Crippen LogP contribution >= 0.6 is 0 Å². The number of allylic oxidation sites excluding steroid dienone is 4. The molecule has 0 fully saturated rings. The molecule has 2 unspecified atom stereocenters. The number of hydrogen-bond donors (Lipinski definition) is 0. The second kappa shape index (κ2) is 4.97. The zero-order valence-corrected chi connectivity index (χ0v) is 11.6. The lowest BCUT2D eigenvalue weighted by Gasteiger charge is -2.04. The lowest BCUT2D eigenvalue weighted by molar-refractivity contribution is 0.598. The van der Waals surface area contributed by atoms with E-state index < -0.39 is 9.84 Å². The summed E-state index contributed by atoms with van der Waals surface area (Å²) in [5.74, 6) is 0.951. The van der Waals surface area contributed by atoms with Gasteiger partial charge in [0.2, 0.25) is 0 Å². The van der Waals surface area contributed by atoms with Crippen molar-refractivity contribution in [2.45, 2.75) is 52.4 Å². The van der Waals surface area contributed by atoms with E-state index in [0.29, 0.717) is 21.6 Å². The van der Waals surface area contributed by atoms with Crippen molar-refractivity contribution in [3.8, 4) is 0 Å². The van der Waals surface area contributed by atoms with Crippen LogP contribution in [0.5, 0.6) is 0 Å². The van der Waals surface area contributed by atoms with Crippen LogP contribution < -0.4 is 0 Å². The summed E-state index contributed by atoms with van der Waals surface area (Å²) in [5.41, 5.74) is 0. The monoisotopic (exact) mass is 254 g/mol. The van der Waals surface area contributed by atoms with Gasteiger partial charge in [0, 0.05) is 9.81 Å². The van der Waals surface area contributed by atoms with Crippen molar-refractivity contribution < 1.29 is 8.42 Å². The summed E-state index contributed by atoms with van der Waals surface area (Å²) >= 11 is 0. The van der Waals surface area contributed by atoms with Crippen molar-refractivity contribution in [2.75, 3.05) is 0 Å². The molecule has 0 aromatic heterocycles. The maximum absolute atomic E-state index is 12.4. The van der Waals surface area contributed by atoms with Crippen LogP contribution in [0.25, 0.3) is 0 Å². The molecule has 2 rings (SSSR count).